The van der Waals surface area contributed by atoms with Crippen molar-refractivity contribution in [3.8, 4) is 0 Å². The molecule has 0 saturated carbocycles. The molecule has 1 aliphatic rings. The van der Waals surface area contributed by atoms with Crippen LogP contribution in [0.25, 0.3) is 0 Å². The van der Waals surface area contributed by atoms with Crippen LogP contribution in [0.4, 0.5) is 0 Å². The molecule has 2 nitrogen and oxygen atoms in total. The Morgan fingerprint density at radius 1 is 1.35 bits per heavy atom. The van der Waals surface area contributed by atoms with Crippen molar-refractivity contribution in [3.05, 3.63) is 46.4 Å². The number of benzene rings is 1. The van der Waals surface area contributed by atoms with Gasteiger partial charge in [-0.1, -0.05) is 18.2 Å². The number of hydrogen-bond donors (Lipinski definition) is 1. The van der Waals surface area contributed by atoms with E-state index in [1.165, 1.54) is 27.5 Å². The van der Waals surface area contributed by atoms with Crippen LogP contribution in [-0.2, 0) is 6.54 Å². The molecule has 1 unspecified atom stereocenters. The van der Waals surface area contributed by atoms with Gasteiger partial charge in [0.1, 0.15) is 0 Å². The molecule has 88 valence electrons. The summed E-state index contributed by atoms with van der Waals surface area (Å²) in [6, 6.07) is 9.21. The van der Waals surface area contributed by atoms with Gasteiger partial charge in [0.25, 0.3) is 0 Å². The van der Waals surface area contributed by atoms with Gasteiger partial charge in [0.15, 0.2) is 0 Å². The van der Waals surface area contributed by atoms with Crippen molar-refractivity contribution in [3.63, 3.8) is 0 Å². The van der Waals surface area contributed by atoms with Gasteiger partial charge in [0.2, 0.25) is 0 Å². The van der Waals surface area contributed by atoms with Crippen molar-refractivity contribution in [1.82, 2.24) is 10.3 Å². The molecule has 4 heteroatoms. The van der Waals surface area contributed by atoms with Gasteiger partial charge in [-0.2, -0.15) is 0 Å². The molecular weight excluding hydrogens is 248 g/mol. The van der Waals surface area contributed by atoms with Gasteiger partial charge in [0, 0.05) is 28.6 Å². The maximum Gasteiger partial charge on any atom is 0.0794 e. The summed E-state index contributed by atoms with van der Waals surface area (Å²) in [5, 5.41) is 3.64. The van der Waals surface area contributed by atoms with Gasteiger partial charge >= 0.3 is 0 Å². The molecular formula is C13H14N2S2. The SMILES string of the molecule is c1ccc2c(c1)SCCC2NCc1cncs1. The van der Waals surface area contributed by atoms with Crippen LogP contribution in [0.1, 0.15) is 22.9 Å². The van der Waals surface area contributed by atoms with Crippen LogP contribution in [0.3, 0.4) is 0 Å². The van der Waals surface area contributed by atoms with Crippen LogP contribution in [0.15, 0.2) is 40.9 Å². The molecule has 17 heavy (non-hydrogen) atoms. The molecule has 0 radical (unpaired) electrons. The summed E-state index contributed by atoms with van der Waals surface area (Å²) in [7, 11) is 0. The Balaban J connectivity index is 1.72. The van der Waals surface area contributed by atoms with E-state index in [1.807, 2.05) is 23.5 Å². The first-order valence-electron chi connectivity index (χ1n) is 5.76. The van der Waals surface area contributed by atoms with Crippen molar-refractivity contribution in [2.24, 2.45) is 0 Å². The van der Waals surface area contributed by atoms with Crippen molar-refractivity contribution in [2.45, 2.75) is 23.9 Å². The molecule has 0 spiro atoms. The highest BCUT2D eigenvalue weighted by Crippen LogP contribution is 2.35. The van der Waals surface area contributed by atoms with E-state index in [4.69, 9.17) is 0 Å². The van der Waals surface area contributed by atoms with E-state index in [1.54, 1.807) is 11.3 Å². The fourth-order valence-corrected chi connectivity index (χ4v) is 3.78. The third kappa shape index (κ3) is 2.54. The van der Waals surface area contributed by atoms with Crippen LogP contribution in [0, 0.1) is 0 Å². The van der Waals surface area contributed by atoms with Crippen molar-refractivity contribution in [2.75, 3.05) is 5.75 Å². The Hall–Kier alpha value is -0.840. The molecule has 0 bridgehead atoms. The van der Waals surface area contributed by atoms with E-state index in [2.05, 4.69) is 34.6 Å². The minimum absolute atomic E-state index is 0.495. The summed E-state index contributed by atoms with van der Waals surface area (Å²) in [5.74, 6) is 1.21. The summed E-state index contributed by atoms with van der Waals surface area (Å²) in [6.45, 7) is 0.925. The van der Waals surface area contributed by atoms with E-state index >= 15 is 0 Å². The zero-order valence-electron chi connectivity index (χ0n) is 9.43. The van der Waals surface area contributed by atoms with E-state index in [0.29, 0.717) is 6.04 Å². The van der Waals surface area contributed by atoms with Gasteiger partial charge in [-0.3, -0.25) is 4.98 Å². The van der Waals surface area contributed by atoms with Crippen molar-refractivity contribution in [1.29, 1.82) is 0 Å². The molecule has 2 heterocycles. The number of thiazole rings is 1. The largest absolute Gasteiger partial charge is 0.305 e. The van der Waals surface area contributed by atoms with Gasteiger partial charge < -0.3 is 5.32 Å². The van der Waals surface area contributed by atoms with Crippen LogP contribution in [0.2, 0.25) is 0 Å². The number of rotatable bonds is 3. The summed E-state index contributed by atoms with van der Waals surface area (Å²) in [4.78, 5) is 6.84. The molecule has 1 atom stereocenters. The summed E-state index contributed by atoms with van der Waals surface area (Å²) >= 11 is 3.68. The third-order valence-electron chi connectivity index (χ3n) is 2.96. The van der Waals surface area contributed by atoms with Crippen molar-refractivity contribution >= 4 is 23.1 Å². The maximum atomic E-state index is 4.10. The van der Waals surface area contributed by atoms with E-state index in [0.717, 1.165) is 6.54 Å². The van der Waals surface area contributed by atoms with E-state index in [9.17, 15) is 0 Å². The zero-order chi connectivity index (χ0) is 11.5. The van der Waals surface area contributed by atoms with Gasteiger partial charge in [-0.15, -0.1) is 23.1 Å². The zero-order valence-corrected chi connectivity index (χ0v) is 11.1. The fraction of sp³-hybridized carbons (Fsp3) is 0.308. The summed E-state index contributed by atoms with van der Waals surface area (Å²) in [6.07, 6.45) is 3.15. The molecule has 1 aliphatic heterocycles. The lowest BCUT2D eigenvalue weighted by Crippen LogP contribution is -2.23. The molecule has 0 fully saturated rings. The van der Waals surface area contributed by atoms with E-state index in [-0.39, 0.29) is 0 Å². The highest BCUT2D eigenvalue weighted by Gasteiger charge is 2.19. The predicted molar refractivity (Wildman–Crippen MR) is 73.5 cm³/mol. The second kappa shape index (κ2) is 5.21. The average Bonchev–Trinajstić information content (AvgIpc) is 2.89. The third-order valence-corrected chi connectivity index (χ3v) is 4.87. The smallest absolute Gasteiger partial charge is 0.0794 e. The van der Waals surface area contributed by atoms with Gasteiger partial charge in [-0.05, 0) is 23.8 Å². The Morgan fingerprint density at radius 3 is 3.18 bits per heavy atom. The minimum atomic E-state index is 0.495. The van der Waals surface area contributed by atoms with E-state index < -0.39 is 0 Å². The lowest BCUT2D eigenvalue weighted by Gasteiger charge is -2.25. The molecule has 0 saturated heterocycles. The Kier molecular flexibility index (Phi) is 3.45. The number of aromatic nitrogens is 1. The quantitative estimate of drug-likeness (QED) is 0.917. The lowest BCUT2D eigenvalue weighted by molar-refractivity contribution is 0.512. The molecule has 1 aromatic carbocycles. The first kappa shape index (κ1) is 11.3. The molecule has 2 aromatic rings. The fourth-order valence-electron chi connectivity index (χ4n) is 2.11. The first-order valence-corrected chi connectivity index (χ1v) is 7.62. The standard InChI is InChI=1S/C13H14N2S2/c1-2-4-13-11(3-1)12(5-6-16-13)15-8-10-7-14-9-17-10/h1-4,7,9,12,15H,5-6,8H2. The first-order chi connectivity index (χ1) is 8.43. The monoisotopic (exact) mass is 262 g/mol. The summed E-state index contributed by atoms with van der Waals surface area (Å²) in [5.41, 5.74) is 3.34. The number of hydrogen-bond acceptors (Lipinski definition) is 4. The topological polar surface area (TPSA) is 24.9 Å². The second-order valence-electron chi connectivity index (χ2n) is 4.08. The van der Waals surface area contributed by atoms with Crippen LogP contribution in [-0.4, -0.2) is 10.7 Å². The highest BCUT2D eigenvalue weighted by molar-refractivity contribution is 7.99. The van der Waals surface area contributed by atoms with Crippen molar-refractivity contribution < 1.29 is 0 Å². The molecule has 1 N–H and O–H groups in total. The van der Waals surface area contributed by atoms with Gasteiger partial charge in [0.05, 0.1) is 5.51 Å². The Labute approximate surface area is 109 Å². The normalized spacial score (nSPS) is 18.9. The lowest BCUT2D eigenvalue weighted by atomic mass is 10.0. The Morgan fingerprint density at radius 2 is 2.29 bits per heavy atom. The van der Waals surface area contributed by atoms with Gasteiger partial charge in [-0.25, -0.2) is 0 Å². The second-order valence-corrected chi connectivity index (χ2v) is 6.18. The number of fused-ring (bicyclic) bond motifs is 1. The molecule has 3 rings (SSSR count). The van der Waals surface area contributed by atoms with Crippen LogP contribution < -0.4 is 5.32 Å². The molecule has 0 amide bonds. The van der Waals surface area contributed by atoms with Crippen LogP contribution in [0.5, 0.6) is 0 Å². The minimum Gasteiger partial charge on any atom is -0.305 e. The highest BCUT2D eigenvalue weighted by atomic mass is 32.2. The number of nitrogens with one attached hydrogen (secondary N) is 1. The Bertz CT molecular complexity index is 482. The average molecular weight is 262 g/mol. The van der Waals surface area contributed by atoms with Crippen LogP contribution >= 0.6 is 23.1 Å². The number of thioether (sulfide) groups is 1. The summed E-state index contributed by atoms with van der Waals surface area (Å²) < 4.78 is 0. The molecule has 1 aromatic heterocycles. The maximum absolute atomic E-state index is 4.10. The molecule has 0 aliphatic carbocycles. The number of nitrogens with zero attached hydrogens (tertiary/aromatic N) is 1. The predicted octanol–water partition coefficient (Wildman–Crippen LogP) is 3.47.